The highest BCUT2D eigenvalue weighted by Gasteiger charge is 2.12. The molecule has 1 aromatic carbocycles. The van der Waals surface area contributed by atoms with Gasteiger partial charge in [0.2, 0.25) is 0 Å². The quantitative estimate of drug-likeness (QED) is 0.626. The minimum absolute atomic E-state index is 0.726. The van der Waals surface area contributed by atoms with Crippen LogP contribution < -0.4 is 4.74 Å². The average Bonchev–Trinajstić information content (AvgIpc) is 3.00. The summed E-state index contributed by atoms with van der Waals surface area (Å²) in [6.45, 7) is 2.18. The SMILES string of the molecule is CCCSc1ccnc(CSc2nc3ccccc3[nH]2)c1OC. The molecule has 0 amide bonds. The van der Waals surface area contributed by atoms with Crippen LogP contribution in [0, 0.1) is 0 Å². The fourth-order valence-corrected chi connectivity index (χ4v) is 3.99. The number of para-hydroxylation sites is 2. The first-order valence-electron chi connectivity index (χ1n) is 7.54. The molecule has 0 saturated heterocycles. The van der Waals surface area contributed by atoms with E-state index < -0.39 is 0 Å². The highest BCUT2D eigenvalue weighted by molar-refractivity contribution is 7.99. The molecule has 3 rings (SSSR count). The number of imidazole rings is 1. The Morgan fingerprint density at radius 3 is 2.83 bits per heavy atom. The van der Waals surface area contributed by atoms with Gasteiger partial charge in [-0.05, 0) is 30.4 Å². The summed E-state index contributed by atoms with van der Waals surface area (Å²) in [5, 5.41) is 0.904. The molecule has 4 nitrogen and oxygen atoms in total. The molecular formula is C17H19N3OS2. The summed E-state index contributed by atoms with van der Waals surface area (Å²) in [5.74, 6) is 2.69. The Kier molecular flexibility index (Phi) is 5.46. The van der Waals surface area contributed by atoms with Gasteiger partial charge in [0.25, 0.3) is 0 Å². The summed E-state index contributed by atoms with van der Waals surface area (Å²) in [7, 11) is 1.71. The van der Waals surface area contributed by atoms with E-state index in [2.05, 4.69) is 21.9 Å². The van der Waals surface area contributed by atoms with E-state index in [0.717, 1.165) is 50.5 Å². The first-order valence-corrected chi connectivity index (χ1v) is 9.51. The lowest BCUT2D eigenvalue weighted by Gasteiger charge is -2.11. The van der Waals surface area contributed by atoms with Gasteiger partial charge in [0, 0.05) is 11.9 Å². The zero-order valence-electron chi connectivity index (χ0n) is 13.2. The predicted molar refractivity (Wildman–Crippen MR) is 97.5 cm³/mol. The van der Waals surface area contributed by atoms with Crippen LogP contribution in [-0.2, 0) is 5.75 Å². The van der Waals surface area contributed by atoms with Gasteiger partial charge in [-0.15, -0.1) is 11.8 Å². The Hall–Kier alpha value is -1.66. The fourth-order valence-electron chi connectivity index (χ4n) is 2.25. The van der Waals surface area contributed by atoms with E-state index in [-0.39, 0.29) is 0 Å². The second-order valence-electron chi connectivity index (χ2n) is 4.99. The number of fused-ring (bicyclic) bond motifs is 1. The number of ether oxygens (including phenoxy) is 1. The number of nitrogens with zero attached hydrogens (tertiary/aromatic N) is 2. The minimum Gasteiger partial charge on any atom is -0.494 e. The Bertz CT molecular complexity index is 755. The van der Waals surface area contributed by atoms with Gasteiger partial charge in [-0.25, -0.2) is 4.98 Å². The highest BCUT2D eigenvalue weighted by atomic mass is 32.2. The van der Waals surface area contributed by atoms with Crippen LogP contribution in [0.2, 0.25) is 0 Å². The number of aromatic nitrogens is 3. The van der Waals surface area contributed by atoms with Gasteiger partial charge in [-0.3, -0.25) is 4.98 Å². The van der Waals surface area contributed by atoms with Crippen LogP contribution in [0.25, 0.3) is 11.0 Å². The summed E-state index contributed by atoms with van der Waals surface area (Å²) in [6, 6.07) is 10.1. The Balaban J connectivity index is 1.76. The minimum atomic E-state index is 0.726. The Morgan fingerprint density at radius 2 is 2.04 bits per heavy atom. The Labute approximate surface area is 144 Å². The van der Waals surface area contributed by atoms with Gasteiger partial charge in [-0.1, -0.05) is 30.8 Å². The van der Waals surface area contributed by atoms with Crippen LogP contribution in [0.4, 0.5) is 0 Å². The molecule has 120 valence electrons. The average molecular weight is 345 g/mol. The number of rotatable bonds is 7. The van der Waals surface area contributed by atoms with E-state index in [0.29, 0.717) is 0 Å². The number of H-pyrrole nitrogens is 1. The van der Waals surface area contributed by atoms with E-state index >= 15 is 0 Å². The molecule has 0 bridgehead atoms. The summed E-state index contributed by atoms with van der Waals surface area (Å²) in [4.78, 5) is 13.6. The smallest absolute Gasteiger partial charge is 0.166 e. The van der Waals surface area contributed by atoms with Crippen LogP contribution in [0.1, 0.15) is 19.0 Å². The van der Waals surface area contributed by atoms with Crippen molar-refractivity contribution in [2.24, 2.45) is 0 Å². The monoisotopic (exact) mass is 345 g/mol. The Morgan fingerprint density at radius 1 is 1.17 bits per heavy atom. The zero-order chi connectivity index (χ0) is 16.1. The van der Waals surface area contributed by atoms with Gasteiger partial charge in [0.15, 0.2) is 10.9 Å². The number of pyridine rings is 1. The van der Waals surface area contributed by atoms with Crippen LogP contribution >= 0.6 is 23.5 Å². The third-order valence-electron chi connectivity index (χ3n) is 3.32. The second-order valence-corrected chi connectivity index (χ2v) is 7.09. The standard InChI is InChI=1S/C17H19N3OS2/c1-3-10-22-15-8-9-18-14(16(15)21-2)11-23-17-19-12-6-4-5-7-13(12)20-17/h4-9H,3,10-11H2,1-2H3,(H,19,20). The molecular weight excluding hydrogens is 326 g/mol. The van der Waals surface area contributed by atoms with Gasteiger partial charge in [0.05, 0.1) is 28.7 Å². The molecule has 0 aliphatic heterocycles. The van der Waals surface area contributed by atoms with Crippen molar-refractivity contribution in [1.29, 1.82) is 0 Å². The summed E-state index contributed by atoms with van der Waals surface area (Å²) in [5.41, 5.74) is 3.00. The number of thioether (sulfide) groups is 2. The largest absolute Gasteiger partial charge is 0.494 e. The molecule has 0 unspecified atom stereocenters. The maximum Gasteiger partial charge on any atom is 0.166 e. The van der Waals surface area contributed by atoms with E-state index in [1.165, 1.54) is 0 Å². The molecule has 2 heterocycles. The van der Waals surface area contributed by atoms with Crippen LogP contribution in [-0.4, -0.2) is 27.8 Å². The van der Waals surface area contributed by atoms with Crippen molar-refractivity contribution in [3.05, 3.63) is 42.2 Å². The molecule has 0 fully saturated rings. The number of nitrogens with one attached hydrogen (secondary N) is 1. The third-order valence-corrected chi connectivity index (χ3v) is 5.45. The molecule has 6 heteroatoms. The van der Waals surface area contributed by atoms with Crippen molar-refractivity contribution < 1.29 is 4.74 Å². The van der Waals surface area contributed by atoms with Gasteiger partial charge in [0.1, 0.15) is 0 Å². The van der Waals surface area contributed by atoms with E-state index in [9.17, 15) is 0 Å². The van der Waals surface area contributed by atoms with Crippen molar-refractivity contribution in [2.75, 3.05) is 12.9 Å². The van der Waals surface area contributed by atoms with Crippen molar-refractivity contribution in [1.82, 2.24) is 15.0 Å². The number of aromatic amines is 1. The normalized spacial score (nSPS) is 11.0. The molecule has 3 aromatic rings. The molecule has 0 radical (unpaired) electrons. The lowest BCUT2D eigenvalue weighted by molar-refractivity contribution is 0.398. The molecule has 0 spiro atoms. The van der Waals surface area contributed by atoms with Gasteiger partial charge < -0.3 is 9.72 Å². The first kappa shape index (κ1) is 16.2. The van der Waals surface area contributed by atoms with E-state index in [4.69, 9.17) is 4.74 Å². The van der Waals surface area contributed by atoms with Gasteiger partial charge >= 0.3 is 0 Å². The van der Waals surface area contributed by atoms with Crippen molar-refractivity contribution in [2.45, 2.75) is 29.1 Å². The highest BCUT2D eigenvalue weighted by Crippen LogP contribution is 2.34. The molecule has 0 saturated carbocycles. The molecule has 0 aliphatic rings. The topological polar surface area (TPSA) is 50.8 Å². The maximum atomic E-state index is 5.59. The second kappa shape index (κ2) is 7.75. The van der Waals surface area contributed by atoms with E-state index in [1.54, 1.807) is 18.9 Å². The lowest BCUT2D eigenvalue weighted by Crippen LogP contribution is -1.96. The molecule has 0 aliphatic carbocycles. The molecule has 2 aromatic heterocycles. The summed E-state index contributed by atoms with van der Waals surface area (Å²) in [6.07, 6.45) is 2.99. The lowest BCUT2D eigenvalue weighted by atomic mass is 10.3. The summed E-state index contributed by atoms with van der Waals surface area (Å²) < 4.78 is 5.59. The third kappa shape index (κ3) is 3.82. The number of methoxy groups -OCH3 is 1. The number of hydrogen-bond acceptors (Lipinski definition) is 5. The zero-order valence-corrected chi connectivity index (χ0v) is 14.8. The number of hydrogen-bond donors (Lipinski definition) is 1. The van der Waals surface area contributed by atoms with Crippen LogP contribution in [0.15, 0.2) is 46.6 Å². The molecule has 23 heavy (non-hydrogen) atoms. The predicted octanol–water partition coefficient (Wildman–Crippen LogP) is 4.76. The summed E-state index contributed by atoms with van der Waals surface area (Å²) >= 11 is 3.46. The first-order chi connectivity index (χ1) is 11.3. The fraction of sp³-hybridized carbons (Fsp3) is 0.294. The van der Waals surface area contributed by atoms with Crippen LogP contribution in [0.3, 0.4) is 0 Å². The molecule has 0 atom stereocenters. The maximum absolute atomic E-state index is 5.59. The van der Waals surface area contributed by atoms with Crippen molar-refractivity contribution in [3.63, 3.8) is 0 Å². The number of benzene rings is 1. The van der Waals surface area contributed by atoms with Crippen LogP contribution in [0.5, 0.6) is 5.75 Å². The molecule has 1 N–H and O–H groups in total. The van der Waals surface area contributed by atoms with Crippen molar-refractivity contribution >= 4 is 34.6 Å². The van der Waals surface area contributed by atoms with Crippen molar-refractivity contribution in [3.8, 4) is 5.75 Å². The van der Waals surface area contributed by atoms with Gasteiger partial charge in [-0.2, -0.15) is 0 Å². The van der Waals surface area contributed by atoms with E-state index in [1.807, 2.05) is 48.3 Å².